The van der Waals surface area contributed by atoms with Crippen molar-refractivity contribution in [3.05, 3.63) is 65.7 Å². The highest BCUT2D eigenvalue weighted by atomic mass is 19.4. The molecule has 25 heavy (non-hydrogen) atoms. The molecule has 0 saturated heterocycles. The quantitative estimate of drug-likeness (QED) is 0.788. The van der Waals surface area contributed by atoms with Gasteiger partial charge in [0.1, 0.15) is 5.69 Å². The molecule has 0 atom stereocenters. The number of alkyl halides is 3. The summed E-state index contributed by atoms with van der Waals surface area (Å²) in [5, 5.41) is 10.3. The molecule has 0 radical (unpaired) electrons. The van der Waals surface area contributed by atoms with E-state index in [-0.39, 0.29) is 5.69 Å². The zero-order valence-electron chi connectivity index (χ0n) is 13.2. The highest BCUT2D eigenvalue weighted by Gasteiger charge is 2.35. The third-order valence-corrected chi connectivity index (χ3v) is 3.49. The predicted octanol–water partition coefficient (Wildman–Crippen LogP) is 2.94. The van der Waals surface area contributed by atoms with Crippen LogP contribution in [-0.2, 0) is 19.8 Å². The van der Waals surface area contributed by atoms with Crippen molar-refractivity contribution in [1.82, 2.24) is 19.6 Å². The maximum atomic E-state index is 12.8. The van der Waals surface area contributed by atoms with Gasteiger partial charge in [-0.1, -0.05) is 12.1 Å². The number of carbonyl (C=O) groups excluding carboxylic acids is 1. The minimum atomic E-state index is -4.57. The summed E-state index contributed by atoms with van der Waals surface area (Å²) < 4.78 is 40.7. The second-order valence-electron chi connectivity index (χ2n) is 5.39. The number of benzene rings is 1. The summed E-state index contributed by atoms with van der Waals surface area (Å²) in [5.41, 5.74) is 0.0738. The Balaban J connectivity index is 1.75. The molecule has 2 heterocycles. The van der Waals surface area contributed by atoms with Crippen LogP contribution < -0.4 is 5.32 Å². The molecule has 0 aliphatic heterocycles. The lowest BCUT2D eigenvalue weighted by Crippen LogP contribution is -2.13. The molecule has 0 saturated carbocycles. The molecule has 0 bridgehead atoms. The van der Waals surface area contributed by atoms with Gasteiger partial charge in [-0.2, -0.15) is 23.4 Å². The fraction of sp³-hybridized carbons (Fsp3) is 0.188. The number of nitrogens with one attached hydrogen (secondary N) is 1. The maximum absolute atomic E-state index is 12.8. The molecule has 6 nitrogen and oxygen atoms in total. The minimum absolute atomic E-state index is 0.299. The first-order valence-electron chi connectivity index (χ1n) is 7.32. The van der Waals surface area contributed by atoms with Crippen molar-refractivity contribution < 1.29 is 18.0 Å². The summed E-state index contributed by atoms with van der Waals surface area (Å²) in [4.78, 5) is 12.2. The van der Waals surface area contributed by atoms with Gasteiger partial charge in [-0.3, -0.25) is 14.2 Å². The average molecular weight is 349 g/mol. The second-order valence-corrected chi connectivity index (χ2v) is 5.39. The molecule has 0 aliphatic carbocycles. The Morgan fingerprint density at radius 2 is 2.04 bits per heavy atom. The molecular weight excluding hydrogens is 335 g/mol. The van der Waals surface area contributed by atoms with Crippen molar-refractivity contribution in [2.24, 2.45) is 7.05 Å². The largest absolute Gasteiger partial charge is 0.433 e. The molecule has 0 fully saturated rings. The van der Waals surface area contributed by atoms with E-state index < -0.39 is 17.8 Å². The van der Waals surface area contributed by atoms with E-state index in [1.807, 2.05) is 6.07 Å². The molecule has 9 heteroatoms. The van der Waals surface area contributed by atoms with Crippen LogP contribution in [0.25, 0.3) is 0 Å². The first-order valence-corrected chi connectivity index (χ1v) is 7.32. The molecule has 1 N–H and O–H groups in total. The summed E-state index contributed by atoms with van der Waals surface area (Å²) in [6, 6.07) is 9.51. The monoisotopic (exact) mass is 349 g/mol. The highest BCUT2D eigenvalue weighted by molar-refractivity contribution is 6.03. The lowest BCUT2D eigenvalue weighted by molar-refractivity contribution is -0.143. The number of halogens is 3. The van der Waals surface area contributed by atoms with Gasteiger partial charge in [-0.05, 0) is 23.8 Å². The number of anilines is 1. The van der Waals surface area contributed by atoms with Gasteiger partial charge in [-0.25, -0.2) is 0 Å². The Morgan fingerprint density at radius 1 is 1.24 bits per heavy atom. The fourth-order valence-corrected chi connectivity index (χ4v) is 2.37. The topological polar surface area (TPSA) is 64.7 Å². The van der Waals surface area contributed by atoms with Crippen LogP contribution in [0.1, 0.15) is 21.7 Å². The number of rotatable bonds is 4. The van der Waals surface area contributed by atoms with Crippen LogP contribution in [0, 0.1) is 0 Å². The predicted molar refractivity (Wildman–Crippen MR) is 83.9 cm³/mol. The number of amides is 1. The molecular formula is C16H14F3N5O. The first-order chi connectivity index (χ1) is 11.8. The summed E-state index contributed by atoms with van der Waals surface area (Å²) in [5.74, 6) is -0.706. The number of aromatic nitrogens is 4. The molecule has 0 unspecified atom stereocenters. The van der Waals surface area contributed by atoms with Crippen LogP contribution in [0.3, 0.4) is 0 Å². The summed E-state index contributed by atoms with van der Waals surface area (Å²) in [6.45, 7) is 0.512. The Kier molecular flexibility index (Phi) is 4.30. The van der Waals surface area contributed by atoms with Crippen molar-refractivity contribution in [3.63, 3.8) is 0 Å². The molecule has 130 valence electrons. The molecule has 1 aromatic carbocycles. The normalized spacial score (nSPS) is 11.5. The van der Waals surface area contributed by atoms with E-state index in [2.05, 4.69) is 15.5 Å². The Morgan fingerprint density at radius 3 is 2.68 bits per heavy atom. The molecule has 1 amide bonds. The van der Waals surface area contributed by atoms with E-state index in [0.29, 0.717) is 16.9 Å². The van der Waals surface area contributed by atoms with E-state index in [1.165, 1.54) is 0 Å². The van der Waals surface area contributed by atoms with Crippen LogP contribution in [0.5, 0.6) is 0 Å². The maximum Gasteiger partial charge on any atom is 0.433 e. The standard InChI is InChI=1S/C16H14F3N5O/c1-23-14(16(17,18)19)9-13(22-23)15(25)21-12-5-2-4-11(8-12)10-24-7-3-6-20-24/h2-9H,10H2,1H3,(H,21,25). The van der Waals surface area contributed by atoms with Crippen LogP contribution in [0.2, 0.25) is 0 Å². The van der Waals surface area contributed by atoms with Gasteiger partial charge in [0.05, 0.1) is 6.54 Å². The van der Waals surface area contributed by atoms with Gasteiger partial charge in [0.2, 0.25) is 0 Å². The summed E-state index contributed by atoms with van der Waals surface area (Å²) in [6.07, 6.45) is -1.10. The van der Waals surface area contributed by atoms with Crippen molar-refractivity contribution >= 4 is 11.6 Å². The van der Waals surface area contributed by atoms with Crippen LogP contribution in [0.4, 0.5) is 18.9 Å². The second kappa shape index (κ2) is 6.42. The van der Waals surface area contributed by atoms with Gasteiger partial charge < -0.3 is 5.32 Å². The molecule has 3 rings (SSSR count). The lowest BCUT2D eigenvalue weighted by atomic mass is 10.2. The molecule has 3 aromatic rings. The van der Waals surface area contributed by atoms with Crippen molar-refractivity contribution in [1.29, 1.82) is 0 Å². The third kappa shape index (κ3) is 3.87. The van der Waals surface area contributed by atoms with E-state index in [9.17, 15) is 18.0 Å². The lowest BCUT2D eigenvalue weighted by Gasteiger charge is -2.06. The van der Waals surface area contributed by atoms with Gasteiger partial charge in [0, 0.05) is 31.2 Å². The van der Waals surface area contributed by atoms with Crippen LogP contribution in [-0.4, -0.2) is 25.5 Å². The summed E-state index contributed by atoms with van der Waals surface area (Å²) >= 11 is 0. The van der Waals surface area contributed by atoms with Crippen LogP contribution in [0.15, 0.2) is 48.8 Å². The summed E-state index contributed by atoms with van der Waals surface area (Å²) in [7, 11) is 1.14. The fourth-order valence-electron chi connectivity index (χ4n) is 2.37. The first kappa shape index (κ1) is 16.7. The molecule has 0 aliphatic rings. The van der Waals surface area contributed by atoms with E-state index >= 15 is 0 Å². The zero-order valence-corrected chi connectivity index (χ0v) is 13.2. The Bertz CT molecular complexity index is 884. The van der Waals surface area contributed by atoms with E-state index in [4.69, 9.17) is 0 Å². The van der Waals surface area contributed by atoms with Crippen LogP contribution >= 0.6 is 0 Å². The average Bonchev–Trinajstić information content (AvgIpc) is 3.16. The third-order valence-electron chi connectivity index (χ3n) is 3.49. The van der Waals surface area contributed by atoms with Gasteiger partial charge >= 0.3 is 6.18 Å². The van der Waals surface area contributed by atoms with E-state index in [1.54, 1.807) is 41.3 Å². The van der Waals surface area contributed by atoms with Crippen molar-refractivity contribution in [3.8, 4) is 0 Å². The van der Waals surface area contributed by atoms with Gasteiger partial charge in [0.25, 0.3) is 5.91 Å². The number of hydrogen-bond donors (Lipinski definition) is 1. The van der Waals surface area contributed by atoms with Crippen molar-refractivity contribution in [2.75, 3.05) is 5.32 Å². The molecule has 0 spiro atoms. The van der Waals surface area contributed by atoms with Crippen molar-refractivity contribution in [2.45, 2.75) is 12.7 Å². The van der Waals surface area contributed by atoms with Gasteiger partial charge in [0.15, 0.2) is 5.69 Å². The highest BCUT2D eigenvalue weighted by Crippen LogP contribution is 2.29. The zero-order chi connectivity index (χ0) is 18.0. The smallest absolute Gasteiger partial charge is 0.321 e. The Hall–Kier alpha value is -3.10. The number of nitrogens with zero attached hydrogens (tertiary/aromatic N) is 4. The Labute approximate surface area is 140 Å². The molecule has 2 aromatic heterocycles. The number of aryl methyl sites for hydroxylation is 1. The van der Waals surface area contributed by atoms with E-state index in [0.717, 1.165) is 18.7 Å². The number of carbonyl (C=O) groups is 1. The minimum Gasteiger partial charge on any atom is -0.321 e. The number of hydrogen-bond acceptors (Lipinski definition) is 3. The SMILES string of the molecule is Cn1nc(C(=O)Nc2cccc(Cn3cccn3)c2)cc1C(F)(F)F. The van der Waals surface area contributed by atoms with Gasteiger partial charge in [-0.15, -0.1) is 0 Å².